The Morgan fingerprint density at radius 2 is 2.19 bits per heavy atom. The molecule has 0 radical (unpaired) electrons. The first-order valence-corrected chi connectivity index (χ1v) is 5.94. The Morgan fingerprint density at radius 1 is 1.50 bits per heavy atom. The second-order valence-corrected chi connectivity index (χ2v) is 4.71. The van der Waals surface area contributed by atoms with Crippen LogP contribution < -0.4 is 10.5 Å². The lowest BCUT2D eigenvalue weighted by Crippen LogP contribution is -2.26. The zero-order valence-corrected chi connectivity index (χ0v) is 9.22. The largest absolute Gasteiger partial charge is 0.398 e. The molecule has 0 aliphatic carbocycles. The van der Waals surface area contributed by atoms with Crippen LogP contribution in [0.4, 0.5) is 10.1 Å². The summed E-state index contributed by atoms with van der Waals surface area (Å²) >= 11 is 0. The number of anilines is 1. The maximum Gasteiger partial charge on any atom is 0.245 e. The van der Waals surface area contributed by atoms with Gasteiger partial charge in [-0.1, -0.05) is 6.07 Å². The van der Waals surface area contributed by atoms with Crippen molar-refractivity contribution in [1.82, 2.24) is 4.72 Å². The Kier molecular flexibility index (Phi) is 3.88. The number of nitrogens with two attached hydrogens (primary N) is 1. The second-order valence-electron chi connectivity index (χ2n) is 3.01. The summed E-state index contributed by atoms with van der Waals surface area (Å²) in [4.78, 5) is -0.535. The predicted molar refractivity (Wildman–Crippen MR) is 59.5 cm³/mol. The summed E-state index contributed by atoms with van der Waals surface area (Å²) in [7, 11) is -3.94. The van der Waals surface area contributed by atoms with E-state index in [-0.39, 0.29) is 18.7 Å². The van der Waals surface area contributed by atoms with Crippen molar-refractivity contribution in [3.63, 3.8) is 0 Å². The van der Waals surface area contributed by atoms with Crippen LogP contribution in [0, 0.1) is 18.2 Å². The Balaban J connectivity index is 3.04. The Bertz CT molecular complexity index is 500. The fourth-order valence-electron chi connectivity index (χ4n) is 1.14. The number of rotatable bonds is 4. The monoisotopic (exact) mass is 242 g/mol. The summed E-state index contributed by atoms with van der Waals surface area (Å²) in [5.41, 5.74) is 5.28. The molecule has 0 aromatic heterocycles. The van der Waals surface area contributed by atoms with E-state index >= 15 is 0 Å². The Morgan fingerprint density at radius 3 is 2.75 bits per heavy atom. The van der Waals surface area contributed by atoms with Crippen LogP contribution in [0.5, 0.6) is 0 Å². The summed E-state index contributed by atoms with van der Waals surface area (Å²) in [6, 6.07) is 3.69. The van der Waals surface area contributed by atoms with Crippen LogP contribution in [0.3, 0.4) is 0 Å². The number of nitrogen functional groups attached to an aromatic ring is 1. The number of nitrogens with one attached hydrogen (secondary N) is 1. The molecule has 86 valence electrons. The molecule has 0 amide bonds. The van der Waals surface area contributed by atoms with Crippen LogP contribution in [0.1, 0.15) is 6.42 Å². The summed E-state index contributed by atoms with van der Waals surface area (Å²) < 4.78 is 38.8. The predicted octanol–water partition coefficient (Wildman–Crippen LogP) is 0.709. The van der Waals surface area contributed by atoms with E-state index in [0.29, 0.717) is 0 Å². The van der Waals surface area contributed by atoms with Gasteiger partial charge in [-0.15, -0.1) is 12.3 Å². The summed E-state index contributed by atoms with van der Waals surface area (Å²) in [6.45, 7) is 0.0482. The van der Waals surface area contributed by atoms with E-state index in [2.05, 4.69) is 10.6 Å². The minimum atomic E-state index is -3.94. The first-order chi connectivity index (χ1) is 7.49. The molecule has 0 spiro atoms. The van der Waals surface area contributed by atoms with Gasteiger partial charge in [-0.05, 0) is 12.1 Å². The standard InChI is InChI=1S/C10H11FN2O2S/c1-2-3-7-13-16(14,15)10-8(11)5-4-6-9(10)12/h1,4-6,13H,3,7,12H2. The maximum absolute atomic E-state index is 13.3. The van der Waals surface area contributed by atoms with Crippen molar-refractivity contribution in [3.8, 4) is 12.3 Å². The molecule has 1 aromatic rings. The molecule has 6 heteroatoms. The fraction of sp³-hybridized carbons (Fsp3) is 0.200. The van der Waals surface area contributed by atoms with Crippen LogP contribution in [0.25, 0.3) is 0 Å². The third-order valence-electron chi connectivity index (χ3n) is 1.83. The molecule has 16 heavy (non-hydrogen) atoms. The molecule has 1 rings (SSSR count). The van der Waals surface area contributed by atoms with Crippen LogP contribution in [-0.2, 0) is 10.0 Å². The second kappa shape index (κ2) is 4.96. The number of halogens is 1. The third-order valence-corrected chi connectivity index (χ3v) is 3.38. The highest BCUT2D eigenvalue weighted by molar-refractivity contribution is 7.89. The number of hydrogen-bond donors (Lipinski definition) is 2. The first-order valence-electron chi connectivity index (χ1n) is 4.46. The van der Waals surface area contributed by atoms with Crippen molar-refractivity contribution in [1.29, 1.82) is 0 Å². The quantitative estimate of drug-likeness (QED) is 0.464. The van der Waals surface area contributed by atoms with Crippen LogP contribution >= 0.6 is 0 Å². The Labute approximate surface area is 93.7 Å². The highest BCUT2D eigenvalue weighted by atomic mass is 32.2. The fourth-order valence-corrected chi connectivity index (χ4v) is 2.36. The molecule has 0 heterocycles. The van der Waals surface area contributed by atoms with Gasteiger partial charge in [0.25, 0.3) is 0 Å². The van der Waals surface area contributed by atoms with E-state index in [4.69, 9.17) is 12.2 Å². The molecular weight excluding hydrogens is 231 g/mol. The minimum Gasteiger partial charge on any atom is -0.398 e. The van der Waals surface area contributed by atoms with Crippen LogP contribution in [-0.4, -0.2) is 15.0 Å². The SMILES string of the molecule is C#CCCNS(=O)(=O)c1c(N)cccc1F. The van der Waals surface area contributed by atoms with E-state index in [0.717, 1.165) is 6.07 Å². The topological polar surface area (TPSA) is 72.2 Å². The summed E-state index contributed by atoms with van der Waals surface area (Å²) in [5.74, 6) is 1.39. The van der Waals surface area contributed by atoms with Crippen molar-refractivity contribution in [2.75, 3.05) is 12.3 Å². The van der Waals surface area contributed by atoms with Gasteiger partial charge in [-0.2, -0.15) is 0 Å². The number of hydrogen-bond acceptors (Lipinski definition) is 3. The van der Waals surface area contributed by atoms with Crippen molar-refractivity contribution < 1.29 is 12.8 Å². The molecule has 0 saturated carbocycles. The Hall–Kier alpha value is -1.58. The lowest BCUT2D eigenvalue weighted by Gasteiger charge is -2.08. The van der Waals surface area contributed by atoms with Crippen molar-refractivity contribution in [2.24, 2.45) is 0 Å². The van der Waals surface area contributed by atoms with E-state index < -0.39 is 20.7 Å². The van der Waals surface area contributed by atoms with Crippen LogP contribution in [0.15, 0.2) is 23.1 Å². The minimum absolute atomic E-state index is 0.0482. The molecule has 0 aliphatic rings. The molecule has 0 atom stereocenters. The van der Waals surface area contributed by atoms with Gasteiger partial charge >= 0.3 is 0 Å². The average molecular weight is 242 g/mol. The zero-order valence-electron chi connectivity index (χ0n) is 8.40. The van der Waals surface area contributed by atoms with Gasteiger partial charge in [0.2, 0.25) is 10.0 Å². The number of sulfonamides is 1. The van der Waals surface area contributed by atoms with Crippen molar-refractivity contribution >= 4 is 15.7 Å². The summed E-state index contributed by atoms with van der Waals surface area (Å²) in [5, 5.41) is 0. The van der Waals surface area contributed by atoms with Gasteiger partial charge in [0, 0.05) is 13.0 Å². The van der Waals surface area contributed by atoms with Gasteiger partial charge in [0.1, 0.15) is 10.7 Å². The van der Waals surface area contributed by atoms with Gasteiger partial charge in [-0.3, -0.25) is 0 Å². The third kappa shape index (κ3) is 2.72. The van der Waals surface area contributed by atoms with Gasteiger partial charge in [0.05, 0.1) is 5.69 Å². The van der Waals surface area contributed by atoms with Crippen LogP contribution in [0.2, 0.25) is 0 Å². The van der Waals surface area contributed by atoms with E-state index in [1.807, 2.05) is 0 Å². The number of benzene rings is 1. The van der Waals surface area contributed by atoms with Gasteiger partial charge < -0.3 is 5.73 Å². The highest BCUT2D eigenvalue weighted by Crippen LogP contribution is 2.20. The molecule has 0 aliphatic heterocycles. The lowest BCUT2D eigenvalue weighted by molar-refractivity contribution is 0.559. The van der Waals surface area contributed by atoms with E-state index in [9.17, 15) is 12.8 Å². The molecule has 4 nitrogen and oxygen atoms in total. The zero-order chi connectivity index (χ0) is 12.2. The number of terminal acetylenes is 1. The smallest absolute Gasteiger partial charge is 0.245 e. The molecule has 0 unspecified atom stereocenters. The normalized spacial score (nSPS) is 11.0. The van der Waals surface area contributed by atoms with E-state index in [1.54, 1.807) is 0 Å². The van der Waals surface area contributed by atoms with Gasteiger partial charge in [-0.25, -0.2) is 17.5 Å². The highest BCUT2D eigenvalue weighted by Gasteiger charge is 2.21. The maximum atomic E-state index is 13.3. The summed E-state index contributed by atoms with van der Waals surface area (Å²) in [6.07, 6.45) is 5.20. The average Bonchev–Trinajstić information content (AvgIpc) is 2.17. The molecule has 3 N–H and O–H groups in total. The van der Waals surface area contributed by atoms with Crippen molar-refractivity contribution in [2.45, 2.75) is 11.3 Å². The molecule has 0 bridgehead atoms. The first kappa shape index (κ1) is 12.5. The van der Waals surface area contributed by atoms with E-state index in [1.165, 1.54) is 12.1 Å². The molecular formula is C10H11FN2O2S. The lowest BCUT2D eigenvalue weighted by atomic mass is 10.3. The molecule has 1 aromatic carbocycles. The molecule has 0 saturated heterocycles. The van der Waals surface area contributed by atoms with Gasteiger partial charge in [0.15, 0.2) is 0 Å². The molecule has 0 fully saturated rings. The van der Waals surface area contributed by atoms with Crippen molar-refractivity contribution in [3.05, 3.63) is 24.0 Å².